The Morgan fingerprint density at radius 2 is 1.60 bits per heavy atom. The zero-order valence-electron chi connectivity index (χ0n) is 15.8. The van der Waals surface area contributed by atoms with Gasteiger partial charge in [-0.25, -0.2) is 10.2 Å². The standard InChI is InChI=1S/C22H16Cl2N2O4/c1-29-17-9-4-15(5-10-17)21(27)26-25-13-14-2-7-18(8-3-14)30-22(28)19-11-6-16(23)12-20(19)24/h2-13H,1H3,(H,26,27). The molecule has 0 bridgehead atoms. The summed E-state index contributed by atoms with van der Waals surface area (Å²) in [5, 5.41) is 4.57. The Kier molecular flexibility index (Phi) is 7.06. The Morgan fingerprint density at radius 1 is 0.933 bits per heavy atom. The van der Waals surface area contributed by atoms with Gasteiger partial charge in [0, 0.05) is 10.6 Å². The summed E-state index contributed by atoms with van der Waals surface area (Å²) in [5.41, 5.74) is 3.82. The molecular weight excluding hydrogens is 427 g/mol. The number of hydrogen-bond acceptors (Lipinski definition) is 5. The molecule has 1 amide bonds. The highest BCUT2D eigenvalue weighted by molar-refractivity contribution is 6.36. The highest BCUT2D eigenvalue weighted by atomic mass is 35.5. The van der Waals surface area contributed by atoms with E-state index in [0.29, 0.717) is 27.6 Å². The fourth-order valence-corrected chi connectivity index (χ4v) is 2.90. The van der Waals surface area contributed by atoms with Gasteiger partial charge in [-0.15, -0.1) is 0 Å². The van der Waals surface area contributed by atoms with Crippen LogP contribution in [0.25, 0.3) is 0 Å². The van der Waals surface area contributed by atoms with Crippen LogP contribution in [0.15, 0.2) is 71.8 Å². The molecule has 0 spiro atoms. The van der Waals surface area contributed by atoms with Crippen molar-refractivity contribution < 1.29 is 19.1 Å². The van der Waals surface area contributed by atoms with Gasteiger partial charge in [-0.1, -0.05) is 23.2 Å². The lowest BCUT2D eigenvalue weighted by atomic mass is 10.2. The molecule has 0 fully saturated rings. The molecule has 0 aliphatic carbocycles. The van der Waals surface area contributed by atoms with Crippen molar-refractivity contribution in [2.24, 2.45) is 5.10 Å². The van der Waals surface area contributed by atoms with Crippen molar-refractivity contribution in [2.45, 2.75) is 0 Å². The highest BCUT2D eigenvalue weighted by Gasteiger charge is 2.13. The van der Waals surface area contributed by atoms with Crippen molar-refractivity contribution in [3.8, 4) is 11.5 Å². The van der Waals surface area contributed by atoms with Crippen molar-refractivity contribution in [2.75, 3.05) is 7.11 Å². The zero-order valence-corrected chi connectivity index (χ0v) is 17.3. The van der Waals surface area contributed by atoms with Crippen LogP contribution in [-0.4, -0.2) is 25.2 Å². The van der Waals surface area contributed by atoms with Gasteiger partial charge in [-0.2, -0.15) is 5.10 Å². The first-order valence-electron chi connectivity index (χ1n) is 8.71. The number of carbonyl (C=O) groups excluding carboxylic acids is 2. The Labute approximate surface area is 183 Å². The van der Waals surface area contributed by atoms with E-state index in [1.54, 1.807) is 61.7 Å². The molecule has 0 unspecified atom stereocenters. The molecule has 3 aromatic carbocycles. The van der Waals surface area contributed by atoms with Gasteiger partial charge in [0.2, 0.25) is 0 Å². The smallest absolute Gasteiger partial charge is 0.345 e. The molecule has 1 N–H and O–H groups in total. The number of ether oxygens (including phenoxy) is 2. The topological polar surface area (TPSA) is 77.0 Å². The van der Waals surface area contributed by atoms with Crippen LogP contribution >= 0.6 is 23.2 Å². The molecule has 30 heavy (non-hydrogen) atoms. The lowest BCUT2D eigenvalue weighted by Gasteiger charge is -2.06. The summed E-state index contributed by atoms with van der Waals surface area (Å²) in [4.78, 5) is 24.3. The third-order valence-corrected chi connectivity index (χ3v) is 4.52. The van der Waals surface area contributed by atoms with E-state index in [0.717, 1.165) is 0 Å². The second-order valence-electron chi connectivity index (χ2n) is 6.01. The average Bonchev–Trinajstić information content (AvgIpc) is 2.75. The maximum atomic E-state index is 12.2. The van der Waals surface area contributed by atoms with Gasteiger partial charge in [0.15, 0.2) is 0 Å². The summed E-state index contributed by atoms with van der Waals surface area (Å²) in [6.45, 7) is 0. The van der Waals surface area contributed by atoms with Crippen LogP contribution in [0.3, 0.4) is 0 Å². The first-order valence-corrected chi connectivity index (χ1v) is 9.46. The van der Waals surface area contributed by atoms with Gasteiger partial charge in [0.1, 0.15) is 11.5 Å². The number of amides is 1. The molecule has 0 aliphatic rings. The summed E-state index contributed by atoms with van der Waals surface area (Å²) in [7, 11) is 1.55. The SMILES string of the molecule is COc1ccc(C(=O)NN=Cc2ccc(OC(=O)c3ccc(Cl)cc3Cl)cc2)cc1. The van der Waals surface area contributed by atoms with E-state index in [-0.39, 0.29) is 16.5 Å². The van der Waals surface area contributed by atoms with E-state index in [2.05, 4.69) is 10.5 Å². The molecule has 3 aromatic rings. The molecule has 0 heterocycles. The van der Waals surface area contributed by atoms with E-state index < -0.39 is 5.97 Å². The summed E-state index contributed by atoms with van der Waals surface area (Å²) >= 11 is 11.8. The van der Waals surface area contributed by atoms with Gasteiger partial charge in [-0.05, 0) is 72.3 Å². The van der Waals surface area contributed by atoms with Crippen molar-refractivity contribution in [1.82, 2.24) is 5.43 Å². The van der Waals surface area contributed by atoms with E-state index in [4.69, 9.17) is 32.7 Å². The van der Waals surface area contributed by atoms with Gasteiger partial charge < -0.3 is 9.47 Å². The molecular formula is C22H16Cl2N2O4. The number of halogens is 2. The Bertz CT molecular complexity index is 1080. The molecule has 0 aliphatic heterocycles. The molecule has 0 saturated carbocycles. The van der Waals surface area contributed by atoms with E-state index in [1.807, 2.05) is 0 Å². The molecule has 8 heteroatoms. The fourth-order valence-electron chi connectivity index (χ4n) is 2.41. The number of hydrazone groups is 1. The third-order valence-electron chi connectivity index (χ3n) is 3.97. The molecule has 0 radical (unpaired) electrons. The van der Waals surface area contributed by atoms with Crippen LogP contribution in [0.1, 0.15) is 26.3 Å². The summed E-state index contributed by atoms with van der Waals surface area (Å²) in [5.74, 6) is 0.0590. The number of esters is 1. The van der Waals surface area contributed by atoms with E-state index in [9.17, 15) is 9.59 Å². The number of nitrogens with one attached hydrogen (secondary N) is 1. The minimum Gasteiger partial charge on any atom is -0.497 e. The van der Waals surface area contributed by atoms with Crippen LogP contribution in [0.5, 0.6) is 11.5 Å². The molecule has 6 nitrogen and oxygen atoms in total. The predicted molar refractivity (Wildman–Crippen MR) is 116 cm³/mol. The second kappa shape index (κ2) is 9.91. The van der Waals surface area contributed by atoms with Crippen LogP contribution in [-0.2, 0) is 0 Å². The van der Waals surface area contributed by atoms with Crippen LogP contribution < -0.4 is 14.9 Å². The molecule has 0 aromatic heterocycles. The van der Waals surface area contributed by atoms with Gasteiger partial charge in [0.05, 0.1) is 23.9 Å². The minimum absolute atomic E-state index is 0.212. The Hall–Kier alpha value is -3.35. The number of methoxy groups -OCH3 is 1. The summed E-state index contributed by atoms with van der Waals surface area (Å²) < 4.78 is 10.4. The van der Waals surface area contributed by atoms with Crippen LogP contribution in [0.2, 0.25) is 10.0 Å². The second-order valence-corrected chi connectivity index (χ2v) is 6.85. The average molecular weight is 443 g/mol. The lowest BCUT2D eigenvalue weighted by Crippen LogP contribution is -2.17. The maximum absolute atomic E-state index is 12.2. The van der Waals surface area contributed by atoms with Crippen molar-refractivity contribution in [3.63, 3.8) is 0 Å². The molecule has 3 rings (SSSR count). The highest BCUT2D eigenvalue weighted by Crippen LogP contribution is 2.23. The number of benzene rings is 3. The monoisotopic (exact) mass is 442 g/mol. The fraction of sp³-hybridized carbons (Fsp3) is 0.0455. The molecule has 152 valence electrons. The maximum Gasteiger partial charge on any atom is 0.345 e. The number of carbonyl (C=O) groups is 2. The molecule has 0 saturated heterocycles. The van der Waals surface area contributed by atoms with Crippen LogP contribution in [0, 0.1) is 0 Å². The normalized spacial score (nSPS) is 10.6. The van der Waals surface area contributed by atoms with E-state index in [1.165, 1.54) is 18.3 Å². The Balaban J connectivity index is 1.57. The molecule has 0 atom stereocenters. The first-order chi connectivity index (χ1) is 14.5. The number of rotatable bonds is 6. The number of hydrogen-bond donors (Lipinski definition) is 1. The van der Waals surface area contributed by atoms with Crippen molar-refractivity contribution >= 4 is 41.3 Å². The van der Waals surface area contributed by atoms with Gasteiger partial charge >= 0.3 is 5.97 Å². The lowest BCUT2D eigenvalue weighted by molar-refractivity contribution is 0.0734. The summed E-state index contributed by atoms with van der Waals surface area (Å²) in [6, 6.07) is 17.8. The minimum atomic E-state index is -0.593. The summed E-state index contributed by atoms with van der Waals surface area (Å²) in [6.07, 6.45) is 1.48. The predicted octanol–water partition coefficient (Wildman–Crippen LogP) is 4.99. The van der Waals surface area contributed by atoms with Crippen LogP contribution in [0.4, 0.5) is 0 Å². The third kappa shape index (κ3) is 5.59. The van der Waals surface area contributed by atoms with Crippen molar-refractivity contribution in [3.05, 3.63) is 93.5 Å². The quantitative estimate of drug-likeness (QED) is 0.252. The van der Waals surface area contributed by atoms with Gasteiger partial charge in [-0.3, -0.25) is 4.79 Å². The Morgan fingerprint density at radius 3 is 2.23 bits per heavy atom. The van der Waals surface area contributed by atoms with Gasteiger partial charge in [0.25, 0.3) is 5.91 Å². The number of nitrogens with zero attached hydrogens (tertiary/aromatic N) is 1. The van der Waals surface area contributed by atoms with E-state index >= 15 is 0 Å². The first kappa shape index (κ1) is 21.4. The zero-order chi connectivity index (χ0) is 21.5. The largest absolute Gasteiger partial charge is 0.497 e. The van der Waals surface area contributed by atoms with Crippen molar-refractivity contribution in [1.29, 1.82) is 0 Å².